The number of pyridine rings is 1. The van der Waals surface area contributed by atoms with Crippen molar-refractivity contribution < 1.29 is 27.9 Å². The molecule has 0 aliphatic heterocycles. The van der Waals surface area contributed by atoms with E-state index in [4.69, 9.17) is 0 Å². The average molecular weight is 487 g/mol. The van der Waals surface area contributed by atoms with E-state index in [1.165, 1.54) is 23.7 Å². The van der Waals surface area contributed by atoms with Crippen LogP contribution in [0.5, 0.6) is 0 Å². The fraction of sp³-hybridized carbons (Fsp3) is 0.250. The maximum Gasteiger partial charge on any atom is 0.423 e. The van der Waals surface area contributed by atoms with Crippen molar-refractivity contribution in [2.45, 2.75) is 38.6 Å². The molecule has 0 aliphatic carbocycles. The van der Waals surface area contributed by atoms with Gasteiger partial charge in [0.15, 0.2) is 0 Å². The molecule has 2 aromatic carbocycles. The highest BCUT2D eigenvalue weighted by molar-refractivity contribution is 6.03. The Morgan fingerprint density at radius 3 is 2.43 bits per heavy atom. The van der Waals surface area contributed by atoms with Crippen LogP contribution >= 0.6 is 0 Å². The molecule has 2 N–H and O–H groups in total. The molecule has 0 bridgehead atoms. The average Bonchev–Trinajstić information content (AvgIpc) is 3.30. The molecule has 0 aliphatic rings. The van der Waals surface area contributed by atoms with Crippen LogP contribution in [0.1, 0.15) is 37.2 Å². The van der Waals surface area contributed by atoms with Gasteiger partial charge < -0.3 is 10.3 Å². The van der Waals surface area contributed by atoms with Gasteiger partial charge in [0.25, 0.3) is 0 Å². The van der Waals surface area contributed by atoms with Crippen molar-refractivity contribution in [3.8, 4) is 11.1 Å². The first-order valence-electron chi connectivity index (χ1n) is 10.6. The van der Waals surface area contributed by atoms with Crippen LogP contribution in [0.25, 0.3) is 22.0 Å². The first-order chi connectivity index (χ1) is 16.6. The van der Waals surface area contributed by atoms with Crippen molar-refractivity contribution in [1.29, 1.82) is 0 Å². The topological polar surface area (TPSA) is 96.4 Å². The summed E-state index contributed by atoms with van der Waals surface area (Å²) in [6.07, 6.45) is -4.43. The van der Waals surface area contributed by atoms with Crippen molar-refractivity contribution in [3.05, 3.63) is 77.5 Å². The zero-order valence-corrected chi connectivity index (χ0v) is 18.8. The molecule has 1 atom stereocenters. The molecule has 0 spiro atoms. The predicted molar refractivity (Wildman–Crippen MR) is 121 cm³/mol. The van der Waals surface area contributed by atoms with Gasteiger partial charge in [-0.3, -0.25) is 0 Å². The zero-order chi connectivity index (χ0) is 25.4. The zero-order valence-electron chi connectivity index (χ0n) is 18.8. The maximum absolute atomic E-state index is 13.4. The van der Waals surface area contributed by atoms with Crippen LogP contribution in [-0.4, -0.2) is 42.2 Å². The van der Waals surface area contributed by atoms with Gasteiger partial charge in [-0.2, -0.15) is 13.2 Å². The van der Waals surface area contributed by atoms with Gasteiger partial charge in [0.1, 0.15) is 17.2 Å². The Morgan fingerprint density at radius 2 is 1.80 bits per heavy atom. The number of benzene rings is 2. The van der Waals surface area contributed by atoms with E-state index in [1.807, 2.05) is 0 Å². The molecule has 0 saturated carbocycles. The third-order valence-electron chi connectivity index (χ3n) is 5.84. The number of hydrogen-bond donors (Lipinski definition) is 2. The summed E-state index contributed by atoms with van der Waals surface area (Å²) in [6.45, 7) is 2.87. The highest BCUT2D eigenvalue weighted by Gasteiger charge is 2.55. The predicted octanol–water partition coefficient (Wildman–Crippen LogP) is 5.04. The van der Waals surface area contributed by atoms with E-state index in [-0.39, 0.29) is 18.1 Å². The van der Waals surface area contributed by atoms with Gasteiger partial charge in [-0.05, 0) is 54.3 Å². The second kappa shape index (κ2) is 9.06. The first kappa shape index (κ1) is 24.3. The maximum atomic E-state index is 13.4. The summed E-state index contributed by atoms with van der Waals surface area (Å²) in [5.41, 5.74) is -0.341. The van der Waals surface area contributed by atoms with E-state index >= 15 is 0 Å². The van der Waals surface area contributed by atoms with Crippen LogP contribution in [0, 0.1) is 5.82 Å². The Balaban J connectivity index is 1.75. The van der Waals surface area contributed by atoms with Crippen molar-refractivity contribution in [1.82, 2.24) is 20.0 Å². The quantitative estimate of drug-likeness (QED) is 0.172. The molecule has 0 radical (unpaired) electrons. The number of fused-ring (bicyclic) bond motifs is 1. The fourth-order valence-electron chi connectivity index (χ4n) is 3.76. The Hall–Kier alpha value is -3.86. The normalized spacial score (nSPS) is 14.3. The minimum Gasteiger partial charge on any atom is -0.411 e. The van der Waals surface area contributed by atoms with Crippen LogP contribution in [-0.2, 0) is 12.1 Å². The number of alkyl halides is 3. The molecule has 11 heteroatoms. The number of rotatable bonds is 6. The molecule has 35 heavy (non-hydrogen) atoms. The third kappa shape index (κ3) is 4.59. The molecule has 0 fully saturated rings. The van der Waals surface area contributed by atoms with E-state index in [1.54, 1.807) is 43.3 Å². The lowest BCUT2D eigenvalue weighted by Crippen LogP contribution is -2.42. The lowest BCUT2D eigenvalue weighted by molar-refractivity contribution is -0.269. The van der Waals surface area contributed by atoms with Crippen molar-refractivity contribution >= 4 is 16.6 Å². The van der Waals surface area contributed by atoms with E-state index in [0.29, 0.717) is 16.8 Å². The van der Waals surface area contributed by atoms with E-state index in [2.05, 4.69) is 20.5 Å². The summed E-state index contributed by atoms with van der Waals surface area (Å²) in [4.78, 5) is 4.54. The molecule has 0 unspecified atom stereocenters. The third-order valence-corrected chi connectivity index (χ3v) is 5.84. The van der Waals surface area contributed by atoms with Crippen LogP contribution in [0.2, 0.25) is 0 Å². The molecule has 7 nitrogen and oxygen atoms in total. The molecular formula is C24H21F4N5O2. The largest absolute Gasteiger partial charge is 0.423 e. The molecule has 4 rings (SSSR count). The molecule has 0 amide bonds. The van der Waals surface area contributed by atoms with Gasteiger partial charge in [0, 0.05) is 5.39 Å². The number of aliphatic hydroxyl groups is 1. The Morgan fingerprint density at radius 1 is 1.09 bits per heavy atom. The van der Waals surface area contributed by atoms with Crippen LogP contribution < -0.4 is 0 Å². The number of hydrogen-bond acceptors (Lipinski definition) is 6. The first-order valence-corrected chi connectivity index (χ1v) is 10.6. The Bertz CT molecular complexity index is 1400. The SMILES string of the molecule is CC[C@](O)(c1cn(Cc2ccc3c(-c4ccc(F)cc4)cc(C(C)=NO)nc3c2)nn1)C(F)(F)F. The fourth-order valence-corrected chi connectivity index (χ4v) is 3.76. The van der Waals surface area contributed by atoms with Crippen LogP contribution in [0.3, 0.4) is 0 Å². The van der Waals surface area contributed by atoms with Gasteiger partial charge in [-0.1, -0.05) is 41.6 Å². The Kier molecular flexibility index (Phi) is 6.28. The Labute approximate surface area is 197 Å². The highest BCUT2D eigenvalue weighted by Crippen LogP contribution is 2.40. The summed E-state index contributed by atoms with van der Waals surface area (Å²) in [6, 6.07) is 12.9. The lowest BCUT2D eigenvalue weighted by atomic mass is 9.96. The van der Waals surface area contributed by atoms with Crippen molar-refractivity contribution in [2.24, 2.45) is 5.16 Å². The minimum absolute atomic E-state index is 0.0749. The van der Waals surface area contributed by atoms with Crippen molar-refractivity contribution in [3.63, 3.8) is 0 Å². The molecular weight excluding hydrogens is 466 g/mol. The van der Waals surface area contributed by atoms with Crippen LogP contribution in [0.15, 0.2) is 59.9 Å². The monoisotopic (exact) mass is 487 g/mol. The van der Waals surface area contributed by atoms with Gasteiger partial charge >= 0.3 is 6.18 Å². The summed E-state index contributed by atoms with van der Waals surface area (Å²) in [5, 5.41) is 30.6. The molecule has 2 aromatic heterocycles. The standard InChI is InChI=1S/C24H21F4N5O2/c1-3-23(34,24(26,27)28)22-13-33(32-30-22)12-15-4-9-18-19(16-5-7-17(25)8-6-16)11-20(14(2)31-35)29-21(18)10-15/h4-11,13,34-35H,3,12H2,1-2H3/t23-/m0/s1. The highest BCUT2D eigenvalue weighted by atomic mass is 19.4. The van der Waals surface area contributed by atoms with Gasteiger partial charge in [0.2, 0.25) is 5.60 Å². The van der Waals surface area contributed by atoms with Crippen LogP contribution in [0.4, 0.5) is 17.6 Å². The van der Waals surface area contributed by atoms with Crippen molar-refractivity contribution in [2.75, 3.05) is 0 Å². The van der Waals surface area contributed by atoms with E-state index < -0.39 is 23.9 Å². The van der Waals surface area contributed by atoms with Gasteiger partial charge in [-0.15, -0.1) is 5.10 Å². The summed E-state index contributed by atoms with van der Waals surface area (Å²) in [7, 11) is 0. The number of nitrogens with zero attached hydrogens (tertiary/aromatic N) is 5. The summed E-state index contributed by atoms with van der Waals surface area (Å²) < 4.78 is 54.7. The number of halogens is 4. The lowest BCUT2D eigenvalue weighted by Gasteiger charge is -2.26. The molecule has 0 saturated heterocycles. The number of oxime groups is 1. The summed E-state index contributed by atoms with van der Waals surface area (Å²) in [5.74, 6) is -0.379. The smallest absolute Gasteiger partial charge is 0.411 e. The minimum atomic E-state index is -4.89. The summed E-state index contributed by atoms with van der Waals surface area (Å²) >= 11 is 0. The molecule has 4 aromatic rings. The second-order valence-electron chi connectivity index (χ2n) is 8.11. The van der Waals surface area contributed by atoms with E-state index in [0.717, 1.165) is 22.7 Å². The van der Waals surface area contributed by atoms with Gasteiger partial charge in [-0.25, -0.2) is 14.1 Å². The second-order valence-corrected chi connectivity index (χ2v) is 8.11. The molecule has 182 valence electrons. The molecule has 2 heterocycles. The van der Waals surface area contributed by atoms with Gasteiger partial charge in [0.05, 0.1) is 24.0 Å². The number of aromatic nitrogens is 4. The van der Waals surface area contributed by atoms with E-state index in [9.17, 15) is 27.9 Å².